The van der Waals surface area contributed by atoms with Crippen molar-refractivity contribution in [2.45, 2.75) is 38.0 Å². The van der Waals surface area contributed by atoms with Gasteiger partial charge in [0.1, 0.15) is 17.9 Å². The monoisotopic (exact) mass is 349 g/mol. The van der Waals surface area contributed by atoms with Crippen LogP contribution in [0.5, 0.6) is 5.75 Å². The van der Waals surface area contributed by atoms with E-state index in [1.165, 1.54) is 30.3 Å². The third-order valence-corrected chi connectivity index (χ3v) is 4.42. The second-order valence-corrected chi connectivity index (χ2v) is 6.14. The molecule has 1 aromatic carbocycles. The summed E-state index contributed by atoms with van der Waals surface area (Å²) in [6, 6.07) is 3.81. The maximum atomic E-state index is 13.7. The predicted octanol–water partition coefficient (Wildman–Crippen LogP) is 0.839. The standard InChI is InChI=1S/C16H20FN5O3/c1-25-14-3-2-11(17)8-13(14)16(10-6-12(23)7-10)19-15(24)4-5-22-9-18-20-21-22/h2-3,8-10,12,16,23H,4-7H2,1H3,(H,19,24)/t10?,12?,16-/m1/s1. The molecule has 0 aliphatic heterocycles. The van der Waals surface area contributed by atoms with Gasteiger partial charge in [0.2, 0.25) is 5.91 Å². The Kier molecular flexibility index (Phi) is 5.22. The number of methoxy groups -OCH3 is 1. The minimum atomic E-state index is -0.421. The zero-order chi connectivity index (χ0) is 17.8. The average molecular weight is 349 g/mol. The van der Waals surface area contributed by atoms with Gasteiger partial charge in [0.15, 0.2) is 0 Å². The van der Waals surface area contributed by atoms with Crippen molar-refractivity contribution in [2.75, 3.05) is 7.11 Å². The van der Waals surface area contributed by atoms with Crippen LogP contribution in [0, 0.1) is 11.7 Å². The number of hydrogen-bond donors (Lipinski definition) is 2. The van der Waals surface area contributed by atoms with Gasteiger partial charge in [-0.05, 0) is 47.4 Å². The fourth-order valence-corrected chi connectivity index (χ4v) is 3.04. The maximum Gasteiger partial charge on any atom is 0.222 e. The van der Waals surface area contributed by atoms with Crippen molar-refractivity contribution in [1.82, 2.24) is 25.5 Å². The minimum absolute atomic E-state index is 0.0303. The summed E-state index contributed by atoms with van der Waals surface area (Å²) in [5, 5.41) is 23.3. The van der Waals surface area contributed by atoms with E-state index in [9.17, 15) is 14.3 Å². The van der Waals surface area contributed by atoms with Crippen LogP contribution in [0.3, 0.4) is 0 Å². The van der Waals surface area contributed by atoms with E-state index < -0.39 is 11.9 Å². The number of aliphatic hydroxyl groups excluding tert-OH is 1. The van der Waals surface area contributed by atoms with Crippen molar-refractivity contribution in [3.8, 4) is 5.75 Å². The van der Waals surface area contributed by atoms with E-state index in [0.717, 1.165) is 0 Å². The van der Waals surface area contributed by atoms with Gasteiger partial charge in [-0.1, -0.05) is 0 Å². The number of nitrogens with one attached hydrogen (secondary N) is 1. The van der Waals surface area contributed by atoms with E-state index in [4.69, 9.17) is 4.74 Å². The molecule has 1 aromatic heterocycles. The Morgan fingerprint density at radius 2 is 2.32 bits per heavy atom. The lowest BCUT2D eigenvalue weighted by Crippen LogP contribution is -2.41. The summed E-state index contributed by atoms with van der Waals surface area (Å²) in [5.41, 5.74) is 0.579. The van der Waals surface area contributed by atoms with Crippen molar-refractivity contribution in [3.63, 3.8) is 0 Å². The van der Waals surface area contributed by atoms with E-state index in [-0.39, 0.29) is 24.3 Å². The van der Waals surface area contributed by atoms with Gasteiger partial charge >= 0.3 is 0 Å². The first kappa shape index (κ1) is 17.3. The minimum Gasteiger partial charge on any atom is -0.496 e. The van der Waals surface area contributed by atoms with Gasteiger partial charge in [0, 0.05) is 12.0 Å². The molecule has 1 atom stereocenters. The first-order valence-electron chi connectivity index (χ1n) is 8.08. The molecule has 0 bridgehead atoms. The fraction of sp³-hybridized carbons (Fsp3) is 0.500. The second-order valence-electron chi connectivity index (χ2n) is 6.14. The van der Waals surface area contributed by atoms with Crippen LogP contribution in [-0.2, 0) is 11.3 Å². The van der Waals surface area contributed by atoms with Crippen molar-refractivity contribution < 1.29 is 19.0 Å². The van der Waals surface area contributed by atoms with Crippen molar-refractivity contribution in [3.05, 3.63) is 35.9 Å². The third-order valence-electron chi connectivity index (χ3n) is 4.42. The van der Waals surface area contributed by atoms with Gasteiger partial charge in [-0.25, -0.2) is 9.07 Å². The molecule has 1 fully saturated rings. The quantitative estimate of drug-likeness (QED) is 0.768. The van der Waals surface area contributed by atoms with Gasteiger partial charge in [-0.2, -0.15) is 0 Å². The van der Waals surface area contributed by atoms with Gasteiger partial charge in [-0.3, -0.25) is 4.79 Å². The number of benzene rings is 1. The molecule has 1 aliphatic rings. The highest BCUT2D eigenvalue weighted by atomic mass is 19.1. The van der Waals surface area contributed by atoms with Crippen molar-refractivity contribution >= 4 is 5.91 Å². The summed E-state index contributed by atoms with van der Waals surface area (Å²) in [5.74, 6) is -0.0620. The van der Waals surface area contributed by atoms with Crippen LogP contribution < -0.4 is 10.1 Å². The highest BCUT2D eigenvalue weighted by molar-refractivity contribution is 5.76. The Morgan fingerprint density at radius 3 is 2.96 bits per heavy atom. The molecular formula is C16H20FN5O3. The number of hydrogen-bond acceptors (Lipinski definition) is 6. The highest BCUT2D eigenvalue weighted by Gasteiger charge is 2.37. The molecule has 25 heavy (non-hydrogen) atoms. The number of tetrazole rings is 1. The predicted molar refractivity (Wildman–Crippen MR) is 85.0 cm³/mol. The molecule has 1 aliphatic carbocycles. The van der Waals surface area contributed by atoms with Gasteiger partial charge in [-0.15, -0.1) is 5.10 Å². The number of aryl methyl sites for hydroxylation is 1. The highest BCUT2D eigenvalue weighted by Crippen LogP contribution is 2.41. The summed E-state index contributed by atoms with van der Waals surface area (Å²) >= 11 is 0. The Labute approximate surface area is 144 Å². The molecule has 0 spiro atoms. The lowest BCUT2D eigenvalue weighted by molar-refractivity contribution is -0.123. The first-order chi connectivity index (χ1) is 12.1. The molecule has 1 heterocycles. The number of ether oxygens (including phenoxy) is 1. The largest absolute Gasteiger partial charge is 0.496 e. The lowest BCUT2D eigenvalue weighted by Gasteiger charge is -2.38. The smallest absolute Gasteiger partial charge is 0.222 e. The topological polar surface area (TPSA) is 102 Å². The number of carbonyl (C=O) groups is 1. The van der Waals surface area contributed by atoms with E-state index >= 15 is 0 Å². The number of rotatable bonds is 7. The summed E-state index contributed by atoms with van der Waals surface area (Å²) in [6.45, 7) is 0.346. The van der Waals surface area contributed by atoms with Gasteiger partial charge in [0.25, 0.3) is 0 Å². The van der Waals surface area contributed by atoms with Crippen LogP contribution in [0.2, 0.25) is 0 Å². The Hall–Kier alpha value is -2.55. The maximum absolute atomic E-state index is 13.7. The number of nitrogens with zero attached hydrogens (tertiary/aromatic N) is 4. The van der Waals surface area contributed by atoms with E-state index in [0.29, 0.717) is 30.7 Å². The molecule has 0 saturated heterocycles. The van der Waals surface area contributed by atoms with E-state index in [1.54, 1.807) is 6.07 Å². The molecule has 1 amide bonds. The fourth-order valence-electron chi connectivity index (χ4n) is 3.04. The number of halogens is 1. The summed E-state index contributed by atoms with van der Waals surface area (Å²) in [4.78, 5) is 12.3. The Morgan fingerprint density at radius 1 is 1.52 bits per heavy atom. The molecule has 0 radical (unpaired) electrons. The molecule has 3 rings (SSSR count). The summed E-state index contributed by atoms with van der Waals surface area (Å²) in [6.07, 6.45) is 2.34. The molecule has 2 aromatic rings. The van der Waals surface area contributed by atoms with Crippen LogP contribution in [0.15, 0.2) is 24.5 Å². The van der Waals surface area contributed by atoms with Crippen molar-refractivity contribution in [2.24, 2.45) is 5.92 Å². The van der Waals surface area contributed by atoms with Crippen molar-refractivity contribution in [1.29, 1.82) is 0 Å². The van der Waals surface area contributed by atoms with Gasteiger partial charge < -0.3 is 15.2 Å². The van der Waals surface area contributed by atoms with Crippen LogP contribution in [0.25, 0.3) is 0 Å². The van der Waals surface area contributed by atoms with Gasteiger partial charge in [0.05, 0.1) is 25.8 Å². The zero-order valence-corrected chi connectivity index (χ0v) is 13.8. The number of carbonyl (C=O) groups excluding carboxylic acids is 1. The summed E-state index contributed by atoms with van der Waals surface area (Å²) < 4.78 is 20.5. The zero-order valence-electron chi connectivity index (χ0n) is 13.8. The van der Waals surface area contributed by atoms with E-state index in [1.807, 2.05) is 0 Å². The molecular weight excluding hydrogens is 329 g/mol. The number of aromatic nitrogens is 4. The molecule has 1 saturated carbocycles. The lowest BCUT2D eigenvalue weighted by atomic mass is 9.74. The molecule has 0 unspecified atom stereocenters. The van der Waals surface area contributed by atoms with E-state index in [2.05, 4.69) is 20.8 Å². The molecule has 134 valence electrons. The van der Waals surface area contributed by atoms with Crippen LogP contribution in [0.1, 0.15) is 30.9 Å². The van der Waals surface area contributed by atoms with Crippen LogP contribution in [0.4, 0.5) is 4.39 Å². The number of amides is 1. The molecule has 2 N–H and O–H groups in total. The number of aliphatic hydroxyl groups is 1. The average Bonchev–Trinajstić information content (AvgIpc) is 3.09. The Balaban J connectivity index is 1.73. The Bertz CT molecular complexity index is 719. The molecule has 9 heteroatoms. The SMILES string of the molecule is COc1ccc(F)cc1[C@H](NC(=O)CCn1cnnn1)C1CC(O)C1. The first-order valence-corrected chi connectivity index (χ1v) is 8.08. The normalized spacial score (nSPS) is 20.6. The summed E-state index contributed by atoms with van der Waals surface area (Å²) in [7, 11) is 1.50. The third kappa shape index (κ3) is 4.11. The molecule has 8 nitrogen and oxygen atoms in total. The van der Waals surface area contributed by atoms with Crippen LogP contribution >= 0.6 is 0 Å². The second kappa shape index (κ2) is 7.56. The van der Waals surface area contributed by atoms with Crippen LogP contribution in [-0.4, -0.2) is 44.4 Å².